The number of aromatic nitrogens is 2. The molecule has 7 heteroatoms. The zero-order valence-electron chi connectivity index (χ0n) is 9.61. The Morgan fingerprint density at radius 1 is 1.56 bits per heavy atom. The summed E-state index contributed by atoms with van der Waals surface area (Å²) < 4.78 is 13.3. The molecule has 0 fully saturated rings. The van der Waals surface area contributed by atoms with E-state index < -0.39 is 10.7 Å². The van der Waals surface area contributed by atoms with E-state index >= 15 is 0 Å². The van der Waals surface area contributed by atoms with Crippen molar-refractivity contribution in [1.29, 1.82) is 0 Å². The third-order valence-electron chi connectivity index (χ3n) is 2.50. The molecule has 0 radical (unpaired) electrons. The maximum atomic E-state index is 13.3. The minimum atomic E-state index is -0.613. The summed E-state index contributed by atoms with van der Waals surface area (Å²) in [6, 6.07) is 2.34. The number of aryl methyl sites for hydroxylation is 1. The fraction of sp³-hybridized carbons (Fsp3) is 0.182. The number of nitro benzene ring substituents is 1. The zero-order valence-corrected chi connectivity index (χ0v) is 9.61. The van der Waals surface area contributed by atoms with Crippen LogP contribution in [-0.4, -0.2) is 14.9 Å². The molecule has 1 heterocycles. The second-order valence-corrected chi connectivity index (χ2v) is 3.81. The lowest BCUT2D eigenvalue weighted by Crippen LogP contribution is -2.04. The van der Waals surface area contributed by atoms with Gasteiger partial charge >= 0.3 is 0 Å². The monoisotopic (exact) mass is 250 g/mol. The van der Waals surface area contributed by atoms with Crippen LogP contribution in [0.1, 0.15) is 11.3 Å². The van der Waals surface area contributed by atoms with Gasteiger partial charge in [0.05, 0.1) is 29.6 Å². The quantitative estimate of drug-likeness (QED) is 0.644. The molecular formula is C11H11FN4O2. The van der Waals surface area contributed by atoms with E-state index in [0.29, 0.717) is 12.1 Å². The Morgan fingerprint density at radius 3 is 2.94 bits per heavy atom. The number of hydrogen-bond donors (Lipinski definition) is 2. The summed E-state index contributed by atoms with van der Waals surface area (Å²) in [5.41, 5.74) is 1.14. The Bertz CT molecular complexity index is 569. The number of aromatic amines is 1. The maximum Gasteiger partial charge on any atom is 0.295 e. The van der Waals surface area contributed by atoms with Gasteiger partial charge in [0.2, 0.25) is 0 Å². The molecule has 0 amide bonds. The Hall–Kier alpha value is -2.44. The number of rotatable bonds is 4. The van der Waals surface area contributed by atoms with Gasteiger partial charge < -0.3 is 10.3 Å². The normalized spacial score (nSPS) is 10.3. The van der Waals surface area contributed by atoms with Crippen LogP contribution in [0.15, 0.2) is 24.7 Å². The van der Waals surface area contributed by atoms with Crippen molar-refractivity contribution in [3.63, 3.8) is 0 Å². The number of halogens is 1. The lowest BCUT2D eigenvalue weighted by atomic mass is 10.1. The molecular weight excluding hydrogens is 239 g/mol. The Morgan fingerprint density at radius 2 is 2.33 bits per heavy atom. The van der Waals surface area contributed by atoms with Gasteiger partial charge in [-0.2, -0.15) is 0 Å². The summed E-state index contributed by atoms with van der Waals surface area (Å²) >= 11 is 0. The zero-order chi connectivity index (χ0) is 13.1. The Kier molecular flexibility index (Phi) is 3.22. The van der Waals surface area contributed by atoms with Crippen LogP contribution in [0.3, 0.4) is 0 Å². The second-order valence-electron chi connectivity index (χ2n) is 3.81. The Balaban J connectivity index is 2.25. The van der Waals surface area contributed by atoms with E-state index in [2.05, 4.69) is 15.3 Å². The van der Waals surface area contributed by atoms with Crippen LogP contribution in [0.5, 0.6) is 0 Å². The summed E-state index contributed by atoms with van der Waals surface area (Å²) in [6.45, 7) is 1.91. The number of anilines is 1. The van der Waals surface area contributed by atoms with E-state index in [0.717, 1.165) is 11.8 Å². The molecule has 0 aliphatic carbocycles. The summed E-state index contributed by atoms with van der Waals surface area (Å²) in [7, 11) is 0. The van der Waals surface area contributed by atoms with Crippen molar-refractivity contribution < 1.29 is 9.31 Å². The van der Waals surface area contributed by atoms with Gasteiger partial charge in [-0.25, -0.2) is 9.37 Å². The van der Waals surface area contributed by atoms with Gasteiger partial charge in [-0.05, 0) is 18.6 Å². The second kappa shape index (κ2) is 4.82. The average Bonchev–Trinajstić information content (AvgIpc) is 2.83. The number of imidazole rings is 1. The van der Waals surface area contributed by atoms with E-state index in [4.69, 9.17) is 0 Å². The van der Waals surface area contributed by atoms with E-state index in [1.165, 1.54) is 12.4 Å². The fourth-order valence-corrected chi connectivity index (χ4v) is 1.54. The van der Waals surface area contributed by atoms with Crippen LogP contribution in [0.2, 0.25) is 0 Å². The van der Waals surface area contributed by atoms with Gasteiger partial charge in [0.25, 0.3) is 5.69 Å². The predicted octanol–water partition coefficient (Wildman–Crippen LogP) is 2.38. The topological polar surface area (TPSA) is 83.8 Å². The van der Waals surface area contributed by atoms with E-state index in [9.17, 15) is 14.5 Å². The first-order chi connectivity index (χ1) is 8.58. The molecule has 2 aromatic rings. The van der Waals surface area contributed by atoms with Crippen molar-refractivity contribution in [3.05, 3.63) is 51.8 Å². The van der Waals surface area contributed by atoms with E-state index in [1.54, 1.807) is 13.1 Å². The third-order valence-corrected chi connectivity index (χ3v) is 2.50. The van der Waals surface area contributed by atoms with Crippen LogP contribution in [0.25, 0.3) is 0 Å². The number of nitrogens with zero attached hydrogens (tertiary/aromatic N) is 2. The molecule has 0 saturated carbocycles. The van der Waals surface area contributed by atoms with Crippen molar-refractivity contribution in [3.8, 4) is 0 Å². The molecule has 94 valence electrons. The number of benzene rings is 1. The van der Waals surface area contributed by atoms with E-state index in [-0.39, 0.29) is 11.4 Å². The number of nitrogens with one attached hydrogen (secondary N) is 2. The van der Waals surface area contributed by atoms with Crippen LogP contribution in [-0.2, 0) is 6.54 Å². The standard InChI is InChI=1S/C11H11FN4O2/c1-7-2-10(11(16(17)18)3-9(7)12)14-5-8-4-13-6-15-8/h2-4,6,14H,5H2,1H3,(H,13,15). The maximum absolute atomic E-state index is 13.3. The number of nitro groups is 1. The number of H-pyrrole nitrogens is 1. The van der Waals surface area contributed by atoms with Crippen LogP contribution >= 0.6 is 0 Å². The lowest BCUT2D eigenvalue weighted by molar-refractivity contribution is -0.384. The highest BCUT2D eigenvalue weighted by Crippen LogP contribution is 2.27. The van der Waals surface area contributed by atoms with Crippen LogP contribution in [0.4, 0.5) is 15.8 Å². The van der Waals surface area contributed by atoms with Gasteiger partial charge in [-0.3, -0.25) is 10.1 Å². The SMILES string of the molecule is Cc1cc(NCc2cnc[nH]2)c([N+](=O)[O-])cc1F. The first-order valence-electron chi connectivity index (χ1n) is 5.23. The summed E-state index contributed by atoms with van der Waals surface area (Å²) in [5.74, 6) is -0.589. The molecule has 2 rings (SSSR count). The molecule has 1 aromatic carbocycles. The smallest absolute Gasteiger partial charge is 0.295 e. The van der Waals surface area contributed by atoms with Crippen LogP contribution in [0, 0.1) is 22.9 Å². The predicted molar refractivity (Wildman–Crippen MR) is 63.7 cm³/mol. The molecule has 0 bridgehead atoms. The van der Waals surface area contributed by atoms with Crippen molar-refractivity contribution in [2.45, 2.75) is 13.5 Å². The number of hydrogen-bond acceptors (Lipinski definition) is 4. The van der Waals surface area contributed by atoms with Crippen molar-refractivity contribution in [2.75, 3.05) is 5.32 Å². The van der Waals surface area contributed by atoms with Crippen LogP contribution < -0.4 is 5.32 Å². The van der Waals surface area contributed by atoms with Gasteiger partial charge in [-0.1, -0.05) is 0 Å². The van der Waals surface area contributed by atoms with Gasteiger partial charge in [0.15, 0.2) is 0 Å². The molecule has 0 aliphatic heterocycles. The largest absolute Gasteiger partial charge is 0.374 e. The highest BCUT2D eigenvalue weighted by molar-refractivity contribution is 5.63. The first-order valence-corrected chi connectivity index (χ1v) is 5.23. The molecule has 18 heavy (non-hydrogen) atoms. The lowest BCUT2D eigenvalue weighted by Gasteiger charge is -2.07. The minimum absolute atomic E-state index is 0.280. The highest BCUT2D eigenvalue weighted by atomic mass is 19.1. The molecule has 0 atom stereocenters. The highest BCUT2D eigenvalue weighted by Gasteiger charge is 2.16. The van der Waals surface area contributed by atoms with E-state index in [1.807, 2.05) is 0 Å². The molecule has 0 aliphatic rings. The van der Waals surface area contributed by atoms with Gasteiger partial charge in [0, 0.05) is 6.20 Å². The summed E-state index contributed by atoms with van der Waals surface area (Å²) in [5, 5.41) is 13.7. The minimum Gasteiger partial charge on any atom is -0.374 e. The molecule has 0 spiro atoms. The van der Waals surface area contributed by atoms with Gasteiger partial charge in [0.1, 0.15) is 11.5 Å². The first kappa shape index (κ1) is 12.0. The van der Waals surface area contributed by atoms with Crippen molar-refractivity contribution in [1.82, 2.24) is 9.97 Å². The van der Waals surface area contributed by atoms with Crippen molar-refractivity contribution in [2.24, 2.45) is 0 Å². The molecule has 1 aromatic heterocycles. The Labute approximate surface area is 102 Å². The molecule has 0 saturated heterocycles. The molecule has 2 N–H and O–H groups in total. The average molecular weight is 250 g/mol. The van der Waals surface area contributed by atoms with Crippen molar-refractivity contribution >= 4 is 11.4 Å². The summed E-state index contributed by atoms with van der Waals surface area (Å²) in [6.07, 6.45) is 3.12. The molecule has 0 unspecified atom stereocenters. The fourth-order valence-electron chi connectivity index (χ4n) is 1.54. The van der Waals surface area contributed by atoms with Gasteiger partial charge in [-0.15, -0.1) is 0 Å². The summed E-state index contributed by atoms with van der Waals surface area (Å²) in [4.78, 5) is 16.9. The molecule has 6 nitrogen and oxygen atoms in total. The third kappa shape index (κ3) is 2.45.